The van der Waals surface area contributed by atoms with E-state index in [0.29, 0.717) is 24.8 Å². The lowest BCUT2D eigenvalue weighted by Crippen LogP contribution is -2.67. The Hall–Kier alpha value is -1.65. The molecule has 7 nitrogen and oxygen atoms in total. The van der Waals surface area contributed by atoms with Gasteiger partial charge < -0.3 is 14.9 Å². The third-order valence-electron chi connectivity index (χ3n) is 8.92. The van der Waals surface area contributed by atoms with Crippen LogP contribution in [-0.4, -0.2) is 81.0 Å². The molecule has 31 heavy (non-hydrogen) atoms. The summed E-state index contributed by atoms with van der Waals surface area (Å²) in [5, 5.41) is 20.7. The van der Waals surface area contributed by atoms with Gasteiger partial charge in [0.05, 0.1) is 24.8 Å². The van der Waals surface area contributed by atoms with Crippen LogP contribution >= 0.6 is 0 Å². The summed E-state index contributed by atoms with van der Waals surface area (Å²) < 4.78 is 0. The molecule has 2 aliphatic heterocycles. The van der Waals surface area contributed by atoms with Crippen molar-refractivity contribution >= 4 is 11.8 Å². The lowest BCUT2D eigenvalue weighted by atomic mass is 9.50. The molecule has 0 aromatic rings. The average Bonchev–Trinajstić information content (AvgIpc) is 3.34. The van der Waals surface area contributed by atoms with Gasteiger partial charge in [-0.1, -0.05) is 0 Å². The minimum absolute atomic E-state index is 0.0333. The zero-order valence-electron chi connectivity index (χ0n) is 18.8. The topological polar surface area (TPSA) is 87.9 Å². The van der Waals surface area contributed by atoms with Crippen molar-refractivity contribution in [2.75, 3.05) is 26.2 Å². The first-order valence-electron chi connectivity index (χ1n) is 12.3. The van der Waals surface area contributed by atoms with Gasteiger partial charge >= 0.3 is 0 Å². The molecule has 0 spiro atoms. The molecule has 6 aliphatic rings. The highest BCUT2D eigenvalue weighted by Crippen LogP contribution is 2.59. The summed E-state index contributed by atoms with van der Waals surface area (Å²) in [7, 11) is 0. The Morgan fingerprint density at radius 1 is 1.03 bits per heavy atom. The van der Waals surface area contributed by atoms with Gasteiger partial charge in [-0.3, -0.25) is 14.5 Å². The number of rotatable bonds is 5. The molecule has 2 amide bonds. The molecule has 4 atom stereocenters. The first-order chi connectivity index (χ1) is 14.8. The van der Waals surface area contributed by atoms with Crippen LogP contribution in [0.3, 0.4) is 0 Å². The minimum Gasteiger partial charge on any atom is -0.390 e. The fourth-order valence-corrected chi connectivity index (χ4v) is 7.94. The molecule has 0 aromatic carbocycles. The van der Waals surface area contributed by atoms with Crippen LogP contribution in [0.1, 0.15) is 71.1 Å². The van der Waals surface area contributed by atoms with Crippen molar-refractivity contribution < 1.29 is 14.7 Å². The summed E-state index contributed by atoms with van der Waals surface area (Å²) in [6.07, 6.45) is 9.21. The maximum atomic E-state index is 13.3. The van der Waals surface area contributed by atoms with E-state index in [9.17, 15) is 20.0 Å². The third-order valence-corrected chi connectivity index (χ3v) is 8.92. The maximum Gasteiger partial charge on any atom is 0.237 e. The van der Waals surface area contributed by atoms with Crippen molar-refractivity contribution in [3.63, 3.8) is 0 Å². The second-order valence-corrected chi connectivity index (χ2v) is 11.2. The van der Waals surface area contributed by atoms with Crippen molar-refractivity contribution in [1.82, 2.24) is 14.7 Å². The summed E-state index contributed by atoms with van der Waals surface area (Å²) in [6.45, 7) is 3.96. The van der Waals surface area contributed by atoms with E-state index in [-0.39, 0.29) is 42.5 Å². The van der Waals surface area contributed by atoms with Crippen molar-refractivity contribution in [3.05, 3.63) is 0 Å². The van der Waals surface area contributed by atoms with Crippen LogP contribution in [-0.2, 0) is 9.59 Å². The van der Waals surface area contributed by atoms with E-state index >= 15 is 0 Å². The second-order valence-electron chi connectivity index (χ2n) is 11.2. The molecule has 7 heteroatoms. The van der Waals surface area contributed by atoms with Crippen LogP contribution in [0.15, 0.2) is 0 Å². The molecule has 0 radical (unpaired) electrons. The van der Waals surface area contributed by atoms with E-state index < -0.39 is 5.60 Å². The van der Waals surface area contributed by atoms with Crippen LogP contribution in [0.5, 0.6) is 0 Å². The average molecular weight is 429 g/mol. The van der Waals surface area contributed by atoms with Crippen LogP contribution in [0, 0.1) is 23.2 Å². The molecule has 6 fully saturated rings. The van der Waals surface area contributed by atoms with E-state index in [2.05, 4.69) is 17.9 Å². The maximum absolute atomic E-state index is 13.3. The van der Waals surface area contributed by atoms with Crippen LogP contribution in [0.4, 0.5) is 0 Å². The number of carbonyl (C=O) groups is 2. The molecule has 4 bridgehead atoms. The third kappa shape index (κ3) is 3.76. The first-order valence-corrected chi connectivity index (χ1v) is 12.3. The Labute approximate surface area is 185 Å². The summed E-state index contributed by atoms with van der Waals surface area (Å²) in [4.78, 5) is 32.4. The monoisotopic (exact) mass is 428 g/mol. The quantitative estimate of drug-likeness (QED) is 0.723. The predicted molar refractivity (Wildman–Crippen MR) is 115 cm³/mol. The van der Waals surface area contributed by atoms with E-state index in [0.717, 1.165) is 57.9 Å². The zero-order chi connectivity index (χ0) is 21.8. The molecule has 4 aliphatic carbocycles. The Morgan fingerprint density at radius 2 is 1.65 bits per heavy atom. The molecule has 2 heterocycles. The molecular weight excluding hydrogens is 392 g/mol. The fourth-order valence-electron chi connectivity index (χ4n) is 7.94. The summed E-state index contributed by atoms with van der Waals surface area (Å²) in [6, 6.07) is 2.19. The fraction of sp³-hybridized carbons (Fsp3) is 0.875. The van der Waals surface area contributed by atoms with Gasteiger partial charge in [-0.2, -0.15) is 5.26 Å². The highest BCUT2D eigenvalue weighted by Gasteiger charge is 2.59. The molecule has 6 rings (SSSR count). The van der Waals surface area contributed by atoms with Crippen LogP contribution in [0.2, 0.25) is 0 Å². The molecule has 4 saturated carbocycles. The van der Waals surface area contributed by atoms with Crippen molar-refractivity contribution in [3.8, 4) is 6.07 Å². The number of hydrogen-bond acceptors (Lipinski definition) is 5. The Bertz CT molecular complexity index is 778. The standard InChI is InChI=1S/C24H36N4O3/c1-17-4-2-6-27(17)21(29)14-26(15-22(30)28-7-3-5-20(28)13-25)23-9-18-8-19(10-23)12-24(31,11-18)16-23/h17-20,31H,2-12,14-16H2,1H3/t17-,18?,19?,20-,23?,24?/m0/s1. The van der Waals surface area contributed by atoms with Crippen molar-refractivity contribution in [1.29, 1.82) is 5.26 Å². The number of nitriles is 1. The number of likely N-dealkylation sites (tertiary alicyclic amines) is 2. The number of nitrogens with zero attached hydrogens (tertiary/aromatic N) is 4. The van der Waals surface area contributed by atoms with Gasteiger partial charge in [0.2, 0.25) is 11.8 Å². The summed E-state index contributed by atoms with van der Waals surface area (Å²) >= 11 is 0. The normalized spacial score (nSPS) is 41.2. The molecule has 170 valence electrons. The van der Waals surface area contributed by atoms with Gasteiger partial charge in [0.15, 0.2) is 0 Å². The van der Waals surface area contributed by atoms with E-state index in [4.69, 9.17) is 0 Å². The van der Waals surface area contributed by atoms with Gasteiger partial charge in [-0.15, -0.1) is 0 Å². The molecule has 0 aromatic heterocycles. The lowest BCUT2D eigenvalue weighted by molar-refractivity contribution is -0.181. The number of aliphatic hydroxyl groups is 1. The smallest absolute Gasteiger partial charge is 0.237 e. The number of hydrogen-bond donors (Lipinski definition) is 1. The molecular formula is C24H36N4O3. The minimum atomic E-state index is -0.641. The highest BCUT2D eigenvalue weighted by atomic mass is 16.3. The van der Waals surface area contributed by atoms with Crippen LogP contribution in [0.25, 0.3) is 0 Å². The van der Waals surface area contributed by atoms with E-state index in [1.807, 2.05) is 4.90 Å². The number of carbonyl (C=O) groups excluding carboxylic acids is 2. The summed E-state index contributed by atoms with van der Waals surface area (Å²) in [5.74, 6) is 1.06. The Balaban J connectivity index is 1.40. The Morgan fingerprint density at radius 3 is 2.23 bits per heavy atom. The predicted octanol–water partition coefficient (Wildman–Crippen LogP) is 1.90. The molecule has 2 saturated heterocycles. The van der Waals surface area contributed by atoms with Gasteiger partial charge in [0, 0.05) is 24.7 Å². The zero-order valence-corrected chi connectivity index (χ0v) is 18.8. The molecule has 2 unspecified atom stereocenters. The summed E-state index contributed by atoms with van der Waals surface area (Å²) in [5.41, 5.74) is -0.910. The first kappa shape index (κ1) is 21.2. The van der Waals surface area contributed by atoms with Crippen molar-refractivity contribution in [2.45, 2.75) is 94.4 Å². The van der Waals surface area contributed by atoms with Crippen LogP contribution < -0.4 is 0 Å². The SMILES string of the molecule is C[C@H]1CCCN1C(=O)CN(CC(=O)N1CCC[C@H]1C#N)C12CC3CC(CC(O)(C3)C1)C2. The van der Waals surface area contributed by atoms with Gasteiger partial charge in [-0.05, 0) is 83.0 Å². The van der Waals surface area contributed by atoms with Crippen molar-refractivity contribution in [2.24, 2.45) is 11.8 Å². The lowest BCUT2D eigenvalue weighted by Gasteiger charge is -2.63. The highest BCUT2D eigenvalue weighted by molar-refractivity contribution is 5.82. The second kappa shape index (κ2) is 7.74. The van der Waals surface area contributed by atoms with E-state index in [1.54, 1.807) is 4.90 Å². The van der Waals surface area contributed by atoms with Gasteiger partial charge in [0.25, 0.3) is 0 Å². The van der Waals surface area contributed by atoms with Gasteiger partial charge in [0.1, 0.15) is 6.04 Å². The van der Waals surface area contributed by atoms with Gasteiger partial charge in [-0.25, -0.2) is 0 Å². The molecule has 1 N–H and O–H groups in total. The Kier molecular flexibility index (Phi) is 5.29. The van der Waals surface area contributed by atoms with E-state index in [1.165, 1.54) is 6.42 Å². The largest absolute Gasteiger partial charge is 0.390 e. The number of amides is 2.